The van der Waals surface area contributed by atoms with Gasteiger partial charge in [-0.2, -0.15) is 0 Å². The Morgan fingerprint density at radius 3 is 2.20 bits per heavy atom. The molecule has 1 fully saturated rings. The SMILES string of the molecule is CC(C)n1ccn(-c2ccc(N3CCN(C(C(=O)Nc4ccc5c(c4)CCC5)c4ccccc4)CC3)cc2)c1=O. The van der Waals surface area contributed by atoms with Crippen molar-refractivity contribution < 1.29 is 4.79 Å². The van der Waals surface area contributed by atoms with Crippen LogP contribution in [0.2, 0.25) is 0 Å². The number of nitrogens with one attached hydrogen (secondary N) is 1. The molecule has 0 saturated carbocycles. The molecule has 4 aromatic rings. The van der Waals surface area contributed by atoms with Gasteiger partial charge in [-0.1, -0.05) is 36.4 Å². The number of imidazole rings is 1. The molecule has 6 rings (SSSR count). The zero-order valence-electron chi connectivity index (χ0n) is 23.3. The number of carbonyl (C=O) groups is 1. The quantitative estimate of drug-likeness (QED) is 0.353. The molecule has 0 radical (unpaired) electrons. The van der Waals surface area contributed by atoms with Crippen LogP contribution in [0.4, 0.5) is 11.4 Å². The maximum atomic E-state index is 13.7. The van der Waals surface area contributed by atoms with E-state index in [2.05, 4.69) is 39.4 Å². The summed E-state index contributed by atoms with van der Waals surface area (Å²) < 4.78 is 3.42. The van der Waals surface area contributed by atoms with Gasteiger partial charge in [0.1, 0.15) is 6.04 Å². The van der Waals surface area contributed by atoms with Gasteiger partial charge in [0.05, 0.1) is 5.69 Å². The first-order chi connectivity index (χ1) is 19.5. The van der Waals surface area contributed by atoms with Crippen LogP contribution in [0.15, 0.2) is 90.0 Å². The summed E-state index contributed by atoms with van der Waals surface area (Å²) in [6.07, 6.45) is 7.08. The maximum Gasteiger partial charge on any atom is 0.332 e. The number of aryl methyl sites for hydroxylation is 2. The molecule has 2 heterocycles. The fraction of sp³-hybridized carbons (Fsp3) is 0.333. The van der Waals surface area contributed by atoms with Gasteiger partial charge in [-0.15, -0.1) is 0 Å². The van der Waals surface area contributed by atoms with Crippen LogP contribution in [0.25, 0.3) is 5.69 Å². The van der Waals surface area contributed by atoms with E-state index in [1.54, 1.807) is 9.13 Å². The van der Waals surface area contributed by atoms with Crippen LogP contribution in [0.5, 0.6) is 0 Å². The molecule has 3 aromatic carbocycles. The average molecular weight is 536 g/mol. The molecule has 1 N–H and O–H groups in total. The van der Waals surface area contributed by atoms with Crippen LogP contribution >= 0.6 is 0 Å². The monoisotopic (exact) mass is 535 g/mol. The molecule has 206 valence electrons. The molecule has 7 heteroatoms. The fourth-order valence-electron chi connectivity index (χ4n) is 6.07. The molecule has 1 amide bonds. The number of hydrogen-bond acceptors (Lipinski definition) is 4. The van der Waals surface area contributed by atoms with Crippen molar-refractivity contribution in [3.05, 3.63) is 112 Å². The number of nitrogens with zero attached hydrogens (tertiary/aromatic N) is 4. The summed E-state index contributed by atoms with van der Waals surface area (Å²) in [6.45, 7) is 7.20. The predicted octanol–water partition coefficient (Wildman–Crippen LogP) is 5.21. The lowest BCUT2D eigenvalue weighted by Crippen LogP contribution is -2.50. The van der Waals surface area contributed by atoms with E-state index in [9.17, 15) is 9.59 Å². The predicted molar refractivity (Wildman–Crippen MR) is 160 cm³/mol. The van der Waals surface area contributed by atoms with Crippen molar-refractivity contribution in [2.45, 2.75) is 45.2 Å². The zero-order chi connectivity index (χ0) is 27.6. The number of rotatable bonds is 7. The normalized spacial score (nSPS) is 16.2. The van der Waals surface area contributed by atoms with Crippen LogP contribution in [0.1, 0.15) is 49.0 Å². The maximum absolute atomic E-state index is 13.7. The van der Waals surface area contributed by atoms with E-state index in [1.165, 1.54) is 17.5 Å². The van der Waals surface area contributed by atoms with Crippen LogP contribution in [-0.2, 0) is 17.6 Å². The lowest BCUT2D eigenvalue weighted by atomic mass is 10.0. The molecule has 0 spiro atoms. The Bertz CT molecular complexity index is 1530. The van der Waals surface area contributed by atoms with E-state index in [-0.39, 0.29) is 23.7 Å². The molecule has 2 aliphatic rings. The number of aromatic nitrogens is 2. The molecule has 1 atom stereocenters. The molecule has 40 heavy (non-hydrogen) atoms. The highest BCUT2D eigenvalue weighted by Gasteiger charge is 2.31. The van der Waals surface area contributed by atoms with Crippen molar-refractivity contribution in [1.29, 1.82) is 0 Å². The third-order valence-electron chi connectivity index (χ3n) is 8.26. The molecule has 1 saturated heterocycles. The molecule has 1 aliphatic carbocycles. The number of fused-ring (bicyclic) bond motifs is 1. The second-order valence-corrected chi connectivity index (χ2v) is 11.1. The van der Waals surface area contributed by atoms with E-state index in [0.717, 1.165) is 61.6 Å². The van der Waals surface area contributed by atoms with Crippen LogP contribution in [-0.4, -0.2) is 46.1 Å². The van der Waals surface area contributed by atoms with Gasteiger partial charge in [0.15, 0.2) is 0 Å². The molecular formula is C33H37N5O2. The highest BCUT2D eigenvalue weighted by Crippen LogP contribution is 2.29. The number of benzene rings is 3. The smallest absolute Gasteiger partial charge is 0.332 e. The minimum Gasteiger partial charge on any atom is -0.369 e. The first kappa shape index (κ1) is 26.1. The molecular weight excluding hydrogens is 498 g/mol. The number of carbonyl (C=O) groups excluding carboxylic acids is 1. The molecule has 1 aliphatic heterocycles. The summed E-state index contributed by atoms with van der Waals surface area (Å²) in [5, 5.41) is 3.22. The fourth-order valence-corrected chi connectivity index (χ4v) is 6.07. The van der Waals surface area contributed by atoms with Gasteiger partial charge in [0.2, 0.25) is 5.91 Å². The first-order valence-electron chi connectivity index (χ1n) is 14.3. The highest BCUT2D eigenvalue weighted by atomic mass is 16.2. The van der Waals surface area contributed by atoms with Crippen molar-refractivity contribution in [1.82, 2.24) is 14.0 Å². The molecule has 1 unspecified atom stereocenters. The lowest BCUT2D eigenvalue weighted by Gasteiger charge is -2.39. The summed E-state index contributed by atoms with van der Waals surface area (Å²) >= 11 is 0. The number of amides is 1. The minimum atomic E-state index is -0.351. The van der Waals surface area contributed by atoms with Gasteiger partial charge in [-0.25, -0.2) is 4.79 Å². The van der Waals surface area contributed by atoms with Crippen LogP contribution in [0, 0.1) is 0 Å². The van der Waals surface area contributed by atoms with Crippen molar-refractivity contribution in [2.24, 2.45) is 0 Å². The van der Waals surface area contributed by atoms with Crippen molar-refractivity contribution >= 4 is 17.3 Å². The average Bonchev–Trinajstić information content (AvgIpc) is 3.60. The highest BCUT2D eigenvalue weighted by molar-refractivity contribution is 5.95. The van der Waals surface area contributed by atoms with Gasteiger partial charge in [0.25, 0.3) is 0 Å². The van der Waals surface area contributed by atoms with E-state index < -0.39 is 0 Å². The third-order valence-corrected chi connectivity index (χ3v) is 8.26. The first-order valence-corrected chi connectivity index (χ1v) is 14.3. The van der Waals surface area contributed by atoms with Crippen molar-refractivity contribution in [2.75, 3.05) is 36.4 Å². The summed E-state index contributed by atoms with van der Waals surface area (Å²) in [6, 6.07) is 24.4. The Labute approximate surface area is 235 Å². The summed E-state index contributed by atoms with van der Waals surface area (Å²) in [7, 11) is 0. The Hall–Kier alpha value is -4.10. The summed E-state index contributed by atoms with van der Waals surface area (Å²) in [5.74, 6) is 0.0146. The second-order valence-electron chi connectivity index (χ2n) is 11.1. The van der Waals surface area contributed by atoms with E-state index in [0.29, 0.717) is 0 Å². The minimum absolute atomic E-state index is 0.0146. The van der Waals surface area contributed by atoms with Crippen molar-refractivity contribution in [3.8, 4) is 5.69 Å². The van der Waals surface area contributed by atoms with E-state index in [4.69, 9.17) is 0 Å². The van der Waals surface area contributed by atoms with Gasteiger partial charge in [-0.05, 0) is 86.2 Å². The van der Waals surface area contributed by atoms with Crippen LogP contribution in [0.3, 0.4) is 0 Å². The van der Waals surface area contributed by atoms with Gasteiger partial charge in [-0.3, -0.25) is 18.8 Å². The number of anilines is 2. The summed E-state index contributed by atoms with van der Waals surface area (Å²) in [5.41, 5.74) is 6.61. The lowest BCUT2D eigenvalue weighted by molar-refractivity contribution is -0.121. The molecule has 7 nitrogen and oxygen atoms in total. The molecule has 0 bridgehead atoms. The van der Waals surface area contributed by atoms with Crippen molar-refractivity contribution in [3.63, 3.8) is 0 Å². The largest absolute Gasteiger partial charge is 0.369 e. The van der Waals surface area contributed by atoms with Gasteiger partial charge >= 0.3 is 5.69 Å². The van der Waals surface area contributed by atoms with Crippen LogP contribution < -0.4 is 15.9 Å². The van der Waals surface area contributed by atoms with E-state index in [1.807, 2.05) is 74.8 Å². The Morgan fingerprint density at radius 2 is 1.50 bits per heavy atom. The van der Waals surface area contributed by atoms with Gasteiger partial charge in [0, 0.05) is 56.0 Å². The standard InChI is InChI=1S/C33H37N5O2/c1-24(2)37-21-22-38(33(37)40)30-15-13-29(14-16-30)35-17-19-36(20-18-35)31(26-7-4-3-5-8-26)32(39)34-28-12-11-25-9-6-10-27(25)23-28/h3-5,7-8,11-16,21-24,31H,6,9-10,17-20H2,1-2H3,(H,34,39). The second kappa shape index (κ2) is 11.2. The zero-order valence-corrected chi connectivity index (χ0v) is 23.3. The number of hydrogen-bond donors (Lipinski definition) is 1. The Kier molecular flexibility index (Phi) is 7.30. The van der Waals surface area contributed by atoms with E-state index >= 15 is 0 Å². The molecule has 1 aromatic heterocycles. The Balaban J connectivity index is 1.15. The Morgan fingerprint density at radius 1 is 0.800 bits per heavy atom. The topological polar surface area (TPSA) is 62.5 Å². The number of piperazine rings is 1. The summed E-state index contributed by atoms with van der Waals surface area (Å²) in [4.78, 5) is 31.1. The third kappa shape index (κ3) is 5.21. The van der Waals surface area contributed by atoms with Gasteiger partial charge < -0.3 is 10.2 Å².